The van der Waals surface area contributed by atoms with Gasteiger partial charge in [0.05, 0.1) is 6.61 Å². The molecule has 3 rings (SSSR count). The molecular weight excluding hydrogens is 392 g/mol. The SMILES string of the molecule is Fc1ccc(NCc2cc(Cl)cc3c2OCC3)c(I)c1. The van der Waals surface area contributed by atoms with Crippen LogP contribution < -0.4 is 10.1 Å². The Bertz CT molecular complexity index is 663. The van der Waals surface area contributed by atoms with Crippen LogP contribution in [0.4, 0.5) is 10.1 Å². The number of fused-ring (bicyclic) bond motifs is 1. The molecule has 2 nitrogen and oxygen atoms in total. The highest BCUT2D eigenvalue weighted by atomic mass is 127. The topological polar surface area (TPSA) is 21.3 Å². The lowest BCUT2D eigenvalue weighted by atomic mass is 10.1. The number of hydrogen-bond donors (Lipinski definition) is 1. The van der Waals surface area contributed by atoms with Crippen LogP contribution in [-0.4, -0.2) is 6.61 Å². The van der Waals surface area contributed by atoms with Crippen molar-refractivity contribution in [2.75, 3.05) is 11.9 Å². The second-order valence-electron chi connectivity index (χ2n) is 4.63. The smallest absolute Gasteiger partial charge is 0.127 e. The molecule has 1 aliphatic rings. The van der Waals surface area contributed by atoms with Gasteiger partial charge in [-0.15, -0.1) is 0 Å². The monoisotopic (exact) mass is 403 g/mol. The number of hydrogen-bond acceptors (Lipinski definition) is 2. The first-order valence-corrected chi connectivity index (χ1v) is 7.72. The van der Waals surface area contributed by atoms with Gasteiger partial charge in [0.1, 0.15) is 11.6 Å². The van der Waals surface area contributed by atoms with Crippen molar-refractivity contribution >= 4 is 39.9 Å². The van der Waals surface area contributed by atoms with E-state index < -0.39 is 0 Å². The summed E-state index contributed by atoms with van der Waals surface area (Å²) >= 11 is 8.24. The largest absolute Gasteiger partial charge is 0.493 e. The van der Waals surface area contributed by atoms with E-state index in [0.717, 1.165) is 37.6 Å². The average Bonchev–Trinajstić information content (AvgIpc) is 2.85. The van der Waals surface area contributed by atoms with Crippen LogP contribution in [0.25, 0.3) is 0 Å². The molecule has 0 spiro atoms. The second-order valence-corrected chi connectivity index (χ2v) is 6.23. The number of benzene rings is 2. The molecule has 0 amide bonds. The Hall–Kier alpha value is -1.01. The van der Waals surface area contributed by atoms with E-state index in [1.807, 2.05) is 12.1 Å². The minimum absolute atomic E-state index is 0.230. The van der Waals surface area contributed by atoms with Crippen molar-refractivity contribution in [3.63, 3.8) is 0 Å². The Balaban J connectivity index is 1.82. The van der Waals surface area contributed by atoms with Gasteiger partial charge in [-0.1, -0.05) is 11.6 Å². The minimum atomic E-state index is -0.230. The lowest BCUT2D eigenvalue weighted by molar-refractivity contribution is 0.354. The van der Waals surface area contributed by atoms with Gasteiger partial charge >= 0.3 is 0 Å². The highest BCUT2D eigenvalue weighted by Gasteiger charge is 2.17. The van der Waals surface area contributed by atoms with E-state index in [1.165, 1.54) is 12.1 Å². The molecule has 2 aromatic carbocycles. The molecule has 0 aliphatic carbocycles. The summed E-state index contributed by atoms with van der Waals surface area (Å²) in [5.74, 6) is 0.700. The zero-order chi connectivity index (χ0) is 14.1. The maximum Gasteiger partial charge on any atom is 0.127 e. The third-order valence-electron chi connectivity index (χ3n) is 3.23. The molecule has 0 fully saturated rings. The van der Waals surface area contributed by atoms with Crippen molar-refractivity contribution in [2.24, 2.45) is 0 Å². The van der Waals surface area contributed by atoms with E-state index >= 15 is 0 Å². The molecule has 0 saturated heterocycles. The Morgan fingerprint density at radius 3 is 2.95 bits per heavy atom. The van der Waals surface area contributed by atoms with E-state index in [1.54, 1.807) is 6.07 Å². The fraction of sp³-hybridized carbons (Fsp3) is 0.200. The molecule has 1 aliphatic heterocycles. The van der Waals surface area contributed by atoms with Gasteiger partial charge in [0, 0.05) is 32.8 Å². The summed E-state index contributed by atoms with van der Waals surface area (Å²) in [5.41, 5.74) is 3.09. The van der Waals surface area contributed by atoms with E-state index in [4.69, 9.17) is 16.3 Å². The van der Waals surface area contributed by atoms with Crippen LogP contribution in [0.2, 0.25) is 5.02 Å². The lowest BCUT2D eigenvalue weighted by Crippen LogP contribution is -2.03. The van der Waals surface area contributed by atoms with Crippen molar-refractivity contribution in [3.8, 4) is 5.75 Å². The maximum absolute atomic E-state index is 13.1. The van der Waals surface area contributed by atoms with Crippen LogP contribution in [0.15, 0.2) is 30.3 Å². The van der Waals surface area contributed by atoms with Crippen LogP contribution in [0.3, 0.4) is 0 Å². The number of ether oxygens (including phenoxy) is 1. The lowest BCUT2D eigenvalue weighted by Gasteiger charge is -2.12. The van der Waals surface area contributed by atoms with Gasteiger partial charge in [0.2, 0.25) is 0 Å². The highest BCUT2D eigenvalue weighted by molar-refractivity contribution is 14.1. The highest BCUT2D eigenvalue weighted by Crippen LogP contribution is 2.33. The summed E-state index contributed by atoms with van der Waals surface area (Å²) in [6.45, 7) is 1.31. The number of rotatable bonds is 3. The Labute approximate surface area is 135 Å². The molecule has 20 heavy (non-hydrogen) atoms. The van der Waals surface area contributed by atoms with Crippen molar-refractivity contribution in [1.82, 2.24) is 0 Å². The molecule has 0 aromatic heterocycles. The predicted octanol–water partition coefficient (Wildman–Crippen LogP) is 4.63. The zero-order valence-electron chi connectivity index (χ0n) is 10.6. The molecule has 1 heterocycles. The predicted molar refractivity (Wildman–Crippen MR) is 87.1 cm³/mol. The fourth-order valence-corrected chi connectivity index (χ4v) is 3.23. The van der Waals surface area contributed by atoms with Crippen molar-refractivity contribution < 1.29 is 9.13 Å². The summed E-state index contributed by atoms with van der Waals surface area (Å²) in [6.07, 6.45) is 0.900. The number of anilines is 1. The Morgan fingerprint density at radius 2 is 2.15 bits per heavy atom. The molecule has 2 aromatic rings. The molecule has 0 atom stereocenters. The molecular formula is C15H12ClFINO. The van der Waals surface area contributed by atoms with E-state index in [2.05, 4.69) is 27.9 Å². The van der Waals surface area contributed by atoms with Crippen LogP contribution in [0.5, 0.6) is 5.75 Å². The van der Waals surface area contributed by atoms with Crippen LogP contribution in [-0.2, 0) is 13.0 Å². The first-order chi connectivity index (χ1) is 9.63. The summed E-state index contributed by atoms with van der Waals surface area (Å²) in [7, 11) is 0. The number of halogens is 3. The fourth-order valence-electron chi connectivity index (χ4n) is 2.30. The van der Waals surface area contributed by atoms with Gasteiger partial charge in [-0.05, 0) is 58.5 Å². The van der Waals surface area contributed by atoms with Gasteiger partial charge in [-0.25, -0.2) is 4.39 Å². The average molecular weight is 404 g/mol. The first-order valence-electron chi connectivity index (χ1n) is 6.26. The van der Waals surface area contributed by atoms with Gasteiger partial charge in [-0.3, -0.25) is 0 Å². The molecule has 1 N–H and O–H groups in total. The summed E-state index contributed by atoms with van der Waals surface area (Å²) in [6, 6.07) is 8.55. The molecule has 0 radical (unpaired) electrons. The van der Waals surface area contributed by atoms with Crippen molar-refractivity contribution in [1.29, 1.82) is 0 Å². The first kappa shape index (κ1) is 13.9. The molecule has 104 valence electrons. The Kier molecular flexibility index (Phi) is 4.03. The van der Waals surface area contributed by atoms with Crippen molar-refractivity contribution in [3.05, 3.63) is 55.9 Å². The molecule has 0 unspecified atom stereocenters. The minimum Gasteiger partial charge on any atom is -0.493 e. The summed E-state index contributed by atoms with van der Waals surface area (Å²) in [5, 5.41) is 4.02. The normalized spacial score (nSPS) is 12.9. The summed E-state index contributed by atoms with van der Waals surface area (Å²) in [4.78, 5) is 0. The molecule has 5 heteroatoms. The van der Waals surface area contributed by atoms with Gasteiger partial charge in [0.25, 0.3) is 0 Å². The standard InChI is InChI=1S/C15H12ClFINO/c16-11-5-9-3-4-20-15(9)10(6-11)8-19-14-2-1-12(17)7-13(14)18/h1-2,5-7,19H,3-4,8H2. The van der Waals surface area contributed by atoms with E-state index in [-0.39, 0.29) is 5.82 Å². The Morgan fingerprint density at radius 1 is 1.30 bits per heavy atom. The second kappa shape index (κ2) is 5.77. The summed E-state index contributed by atoms with van der Waals surface area (Å²) < 4.78 is 19.6. The third-order valence-corrected chi connectivity index (χ3v) is 4.34. The van der Waals surface area contributed by atoms with E-state index in [0.29, 0.717) is 13.2 Å². The van der Waals surface area contributed by atoms with Crippen LogP contribution in [0.1, 0.15) is 11.1 Å². The molecule has 0 bridgehead atoms. The van der Waals surface area contributed by atoms with Gasteiger partial charge in [0.15, 0.2) is 0 Å². The zero-order valence-corrected chi connectivity index (χ0v) is 13.5. The maximum atomic E-state index is 13.1. The number of nitrogens with one attached hydrogen (secondary N) is 1. The van der Waals surface area contributed by atoms with Crippen molar-refractivity contribution in [2.45, 2.75) is 13.0 Å². The van der Waals surface area contributed by atoms with E-state index in [9.17, 15) is 4.39 Å². The third kappa shape index (κ3) is 2.86. The van der Waals surface area contributed by atoms with Gasteiger partial charge < -0.3 is 10.1 Å². The van der Waals surface area contributed by atoms with Crippen LogP contribution in [0, 0.1) is 9.39 Å². The van der Waals surface area contributed by atoms with Crippen LogP contribution >= 0.6 is 34.2 Å². The quantitative estimate of drug-likeness (QED) is 0.755. The molecule has 0 saturated carbocycles. The van der Waals surface area contributed by atoms with Gasteiger partial charge in [-0.2, -0.15) is 0 Å².